The molecular formula is C22H23N3O3. The SMILES string of the molecule is COc1ccc(CNC(=O)c2ccc(Nc3cc(C)ccc3OC)cn2)cc1. The average molecular weight is 377 g/mol. The summed E-state index contributed by atoms with van der Waals surface area (Å²) in [7, 11) is 3.25. The maximum absolute atomic E-state index is 12.3. The molecule has 2 N–H and O–H groups in total. The van der Waals surface area contributed by atoms with E-state index in [0.29, 0.717) is 12.2 Å². The standard InChI is InChI=1S/C22H23N3O3/c1-15-4-11-21(28-3)20(12-15)25-17-7-10-19(23-14-17)22(26)24-13-16-5-8-18(27-2)9-6-16/h4-12,14,25H,13H2,1-3H3,(H,24,26). The van der Waals surface area contributed by atoms with Gasteiger partial charge in [0.05, 0.1) is 31.8 Å². The first-order valence-corrected chi connectivity index (χ1v) is 8.88. The number of nitrogens with one attached hydrogen (secondary N) is 2. The highest BCUT2D eigenvalue weighted by atomic mass is 16.5. The van der Waals surface area contributed by atoms with Gasteiger partial charge >= 0.3 is 0 Å². The van der Waals surface area contributed by atoms with Crippen molar-refractivity contribution in [1.82, 2.24) is 10.3 Å². The number of hydrogen-bond acceptors (Lipinski definition) is 5. The van der Waals surface area contributed by atoms with Crippen molar-refractivity contribution in [2.75, 3.05) is 19.5 Å². The molecule has 1 heterocycles. The number of ether oxygens (including phenoxy) is 2. The fraction of sp³-hybridized carbons (Fsp3) is 0.182. The zero-order valence-electron chi connectivity index (χ0n) is 16.2. The number of hydrogen-bond donors (Lipinski definition) is 2. The first kappa shape index (κ1) is 19.2. The number of amides is 1. The zero-order valence-corrected chi connectivity index (χ0v) is 16.2. The number of carbonyl (C=O) groups excluding carboxylic acids is 1. The number of nitrogens with zero attached hydrogens (tertiary/aromatic N) is 1. The molecule has 144 valence electrons. The maximum Gasteiger partial charge on any atom is 0.270 e. The van der Waals surface area contributed by atoms with Gasteiger partial charge in [-0.25, -0.2) is 4.98 Å². The van der Waals surface area contributed by atoms with Gasteiger partial charge in [0.25, 0.3) is 5.91 Å². The molecule has 0 saturated heterocycles. The first-order valence-electron chi connectivity index (χ1n) is 8.88. The Morgan fingerprint density at radius 2 is 1.79 bits per heavy atom. The van der Waals surface area contributed by atoms with Crippen molar-refractivity contribution in [3.05, 3.63) is 77.6 Å². The minimum absolute atomic E-state index is 0.226. The van der Waals surface area contributed by atoms with E-state index in [1.165, 1.54) is 0 Å². The van der Waals surface area contributed by atoms with Crippen molar-refractivity contribution in [2.24, 2.45) is 0 Å². The van der Waals surface area contributed by atoms with Crippen LogP contribution in [0.15, 0.2) is 60.8 Å². The highest BCUT2D eigenvalue weighted by Gasteiger charge is 2.08. The summed E-state index contributed by atoms with van der Waals surface area (Å²) in [5, 5.41) is 6.13. The number of benzene rings is 2. The molecule has 0 atom stereocenters. The van der Waals surface area contributed by atoms with Gasteiger partial charge in [-0.15, -0.1) is 0 Å². The van der Waals surface area contributed by atoms with Crippen molar-refractivity contribution in [2.45, 2.75) is 13.5 Å². The Bertz CT molecular complexity index is 938. The number of carbonyl (C=O) groups is 1. The van der Waals surface area contributed by atoms with Crippen LogP contribution in [-0.2, 0) is 6.54 Å². The third-order valence-corrected chi connectivity index (χ3v) is 4.24. The molecule has 3 aromatic rings. The predicted molar refractivity (Wildman–Crippen MR) is 109 cm³/mol. The Hall–Kier alpha value is -3.54. The molecule has 0 aliphatic heterocycles. The van der Waals surface area contributed by atoms with Gasteiger partial charge in [-0.05, 0) is 54.4 Å². The molecule has 1 aromatic heterocycles. The highest BCUT2D eigenvalue weighted by Crippen LogP contribution is 2.28. The summed E-state index contributed by atoms with van der Waals surface area (Å²) in [4.78, 5) is 16.6. The second kappa shape index (κ2) is 8.90. The molecule has 3 rings (SSSR count). The fourth-order valence-corrected chi connectivity index (χ4v) is 2.69. The molecule has 28 heavy (non-hydrogen) atoms. The molecule has 2 aromatic carbocycles. The van der Waals surface area contributed by atoms with Crippen molar-refractivity contribution >= 4 is 17.3 Å². The van der Waals surface area contributed by atoms with Gasteiger partial charge in [-0.3, -0.25) is 4.79 Å². The summed E-state index contributed by atoms with van der Waals surface area (Å²) in [6, 6.07) is 16.9. The Balaban J connectivity index is 1.61. The minimum Gasteiger partial charge on any atom is -0.497 e. The Morgan fingerprint density at radius 1 is 1.00 bits per heavy atom. The number of aromatic nitrogens is 1. The van der Waals surface area contributed by atoms with Crippen LogP contribution in [0.1, 0.15) is 21.6 Å². The second-order valence-electron chi connectivity index (χ2n) is 6.29. The molecule has 6 nitrogen and oxygen atoms in total. The summed E-state index contributed by atoms with van der Waals surface area (Å²) in [5.74, 6) is 1.30. The van der Waals surface area contributed by atoms with Crippen LogP contribution >= 0.6 is 0 Å². The molecule has 0 fully saturated rings. The predicted octanol–water partition coefficient (Wildman–Crippen LogP) is 4.08. The monoisotopic (exact) mass is 377 g/mol. The van der Waals surface area contributed by atoms with E-state index in [1.807, 2.05) is 55.5 Å². The van der Waals surface area contributed by atoms with E-state index < -0.39 is 0 Å². The van der Waals surface area contributed by atoms with Crippen LogP contribution in [0.2, 0.25) is 0 Å². The van der Waals surface area contributed by atoms with Crippen LogP contribution in [0, 0.1) is 6.92 Å². The summed E-state index contributed by atoms with van der Waals surface area (Å²) in [5.41, 5.74) is 4.08. The molecule has 6 heteroatoms. The average Bonchev–Trinajstić information content (AvgIpc) is 2.73. The third kappa shape index (κ3) is 4.79. The molecule has 0 unspecified atom stereocenters. The lowest BCUT2D eigenvalue weighted by molar-refractivity contribution is 0.0946. The number of pyridine rings is 1. The van der Waals surface area contributed by atoms with E-state index in [4.69, 9.17) is 9.47 Å². The van der Waals surface area contributed by atoms with Gasteiger partial charge in [0.15, 0.2) is 0 Å². The number of methoxy groups -OCH3 is 2. The number of aryl methyl sites for hydroxylation is 1. The normalized spacial score (nSPS) is 10.2. The first-order chi connectivity index (χ1) is 13.6. The molecular weight excluding hydrogens is 354 g/mol. The summed E-state index contributed by atoms with van der Waals surface area (Å²) in [6.45, 7) is 2.43. The summed E-state index contributed by atoms with van der Waals surface area (Å²) >= 11 is 0. The van der Waals surface area contributed by atoms with Gasteiger partial charge in [-0.1, -0.05) is 18.2 Å². The summed E-state index contributed by atoms with van der Waals surface area (Å²) in [6.07, 6.45) is 1.63. The van der Waals surface area contributed by atoms with Crippen LogP contribution in [0.25, 0.3) is 0 Å². The second-order valence-corrected chi connectivity index (χ2v) is 6.29. The highest BCUT2D eigenvalue weighted by molar-refractivity contribution is 5.92. The van der Waals surface area contributed by atoms with Crippen LogP contribution in [0.5, 0.6) is 11.5 Å². The molecule has 1 amide bonds. The minimum atomic E-state index is -0.226. The van der Waals surface area contributed by atoms with Gasteiger partial charge in [0.1, 0.15) is 17.2 Å². The Labute approximate surface area is 164 Å². The van der Waals surface area contributed by atoms with Gasteiger partial charge in [0, 0.05) is 6.54 Å². The zero-order chi connectivity index (χ0) is 19.9. The lowest BCUT2D eigenvalue weighted by Crippen LogP contribution is -2.23. The van der Waals surface area contributed by atoms with Crippen LogP contribution in [0.3, 0.4) is 0 Å². The lowest BCUT2D eigenvalue weighted by Gasteiger charge is -2.12. The largest absolute Gasteiger partial charge is 0.497 e. The van der Waals surface area contributed by atoms with Crippen LogP contribution in [0.4, 0.5) is 11.4 Å². The van der Waals surface area contributed by atoms with Crippen LogP contribution < -0.4 is 20.1 Å². The van der Waals surface area contributed by atoms with E-state index in [2.05, 4.69) is 15.6 Å². The van der Waals surface area contributed by atoms with E-state index in [1.54, 1.807) is 26.5 Å². The third-order valence-electron chi connectivity index (χ3n) is 4.24. The maximum atomic E-state index is 12.3. The lowest BCUT2D eigenvalue weighted by atomic mass is 10.2. The topological polar surface area (TPSA) is 72.5 Å². The van der Waals surface area contributed by atoms with E-state index in [9.17, 15) is 4.79 Å². The van der Waals surface area contributed by atoms with Crippen molar-refractivity contribution in [3.8, 4) is 11.5 Å². The smallest absolute Gasteiger partial charge is 0.270 e. The van der Waals surface area contributed by atoms with E-state index in [-0.39, 0.29) is 5.91 Å². The quantitative estimate of drug-likeness (QED) is 0.649. The Kier molecular flexibility index (Phi) is 6.11. The number of anilines is 2. The van der Waals surface area contributed by atoms with Gasteiger partial charge < -0.3 is 20.1 Å². The van der Waals surface area contributed by atoms with Crippen molar-refractivity contribution in [1.29, 1.82) is 0 Å². The Morgan fingerprint density at radius 3 is 2.43 bits per heavy atom. The molecule has 0 radical (unpaired) electrons. The molecule has 0 saturated carbocycles. The number of rotatable bonds is 7. The van der Waals surface area contributed by atoms with Gasteiger partial charge in [-0.2, -0.15) is 0 Å². The fourth-order valence-electron chi connectivity index (χ4n) is 2.69. The van der Waals surface area contributed by atoms with E-state index in [0.717, 1.165) is 34.0 Å². The molecule has 0 aliphatic rings. The van der Waals surface area contributed by atoms with Crippen molar-refractivity contribution < 1.29 is 14.3 Å². The molecule has 0 aliphatic carbocycles. The molecule has 0 spiro atoms. The molecule has 0 bridgehead atoms. The van der Waals surface area contributed by atoms with E-state index >= 15 is 0 Å². The van der Waals surface area contributed by atoms with Gasteiger partial charge in [0.2, 0.25) is 0 Å². The van der Waals surface area contributed by atoms with Crippen molar-refractivity contribution in [3.63, 3.8) is 0 Å². The summed E-state index contributed by atoms with van der Waals surface area (Å²) < 4.78 is 10.5. The van der Waals surface area contributed by atoms with Crippen LogP contribution in [-0.4, -0.2) is 25.1 Å².